The number of carbonyl (C=O) groups is 1. The minimum absolute atomic E-state index is 0.0687. The summed E-state index contributed by atoms with van der Waals surface area (Å²) in [6.07, 6.45) is 14.2. The summed E-state index contributed by atoms with van der Waals surface area (Å²) >= 11 is 0. The largest absolute Gasteiger partial charge is 0.395 e. The molecule has 0 aromatic heterocycles. The summed E-state index contributed by atoms with van der Waals surface area (Å²) in [5.41, 5.74) is 1.60. The molecule has 2 heteroatoms. The molecule has 21 heavy (non-hydrogen) atoms. The van der Waals surface area contributed by atoms with Crippen LogP contribution < -0.4 is 0 Å². The second-order valence-electron chi connectivity index (χ2n) is 8.05. The molecular weight excluding hydrogens is 260 g/mol. The number of aliphatic hydroxyl groups excluding tert-OH is 1. The van der Waals surface area contributed by atoms with Crippen LogP contribution in [0.1, 0.15) is 51.9 Å². The van der Waals surface area contributed by atoms with Crippen molar-refractivity contribution in [2.45, 2.75) is 51.9 Å². The molecule has 5 atom stereocenters. The maximum absolute atomic E-state index is 11.8. The van der Waals surface area contributed by atoms with Crippen LogP contribution in [0, 0.1) is 28.6 Å². The first-order chi connectivity index (χ1) is 10.1. The third kappa shape index (κ3) is 1.78. The van der Waals surface area contributed by atoms with Crippen LogP contribution >= 0.6 is 0 Å². The lowest BCUT2D eigenvalue weighted by Crippen LogP contribution is -2.52. The maximum atomic E-state index is 11.8. The SMILES string of the molecule is C[C@@]12C=CCC1C1CCC3=CC(=O)CC[C@]3(CO)C1CC2. The summed E-state index contributed by atoms with van der Waals surface area (Å²) in [7, 11) is 0. The number of allylic oxidation sites excluding steroid dienone is 3. The van der Waals surface area contributed by atoms with E-state index in [0.29, 0.717) is 17.8 Å². The van der Waals surface area contributed by atoms with Crippen molar-refractivity contribution in [3.8, 4) is 0 Å². The van der Waals surface area contributed by atoms with Gasteiger partial charge in [-0.3, -0.25) is 4.79 Å². The molecule has 4 aliphatic rings. The Kier molecular flexibility index (Phi) is 2.98. The van der Waals surface area contributed by atoms with E-state index >= 15 is 0 Å². The fourth-order valence-corrected chi connectivity index (χ4v) is 6.14. The number of fused-ring (bicyclic) bond motifs is 5. The number of aliphatic hydroxyl groups is 1. The van der Waals surface area contributed by atoms with Gasteiger partial charge >= 0.3 is 0 Å². The fraction of sp³-hybridized carbons (Fsp3) is 0.737. The second kappa shape index (κ2) is 4.55. The van der Waals surface area contributed by atoms with Gasteiger partial charge in [-0.15, -0.1) is 0 Å². The van der Waals surface area contributed by atoms with E-state index in [1.165, 1.54) is 31.3 Å². The third-order valence-corrected chi connectivity index (χ3v) is 7.29. The third-order valence-electron chi connectivity index (χ3n) is 7.29. The predicted molar refractivity (Wildman–Crippen MR) is 82.6 cm³/mol. The quantitative estimate of drug-likeness (QED) is 0.747. The van der Waals surface area contributed by atoms with Crippen molar-refractivity contribution in [3.63, 3.8) is 0 Å². The lowest BCUT2D eigenvalue weighted by molar-refractivity contribution is -0.118. The molecule has 0 heterocycles. The fourth-order valence-electron chi connectivity index (χ4n) is 6.14. The number of hydrogen-bond acceptors (Lipinski definition) is 2. The zero-order valence-corrected chi connectivity index (χ0v) is 13.0. The van der Waals surface area contributed by atoms with Crippen LogP contribution in [0.4, 0.5) is 0 Å². The molecule has 3 unspecified atom stereocenters. The molecule has 2 saturated carbocycles. The van der Waals surface area contributed by atoms with Crippen molar-refractivity contribution in [2.24, 2.45) is 28.6 Å². The Morgan fingerprint density at radius 1 is 1.24 bits per heavy atom. The summed E-state index contributed by atoms with van der Waals surface area (Å²) in [6, 6.07) is 0. The summed E-state index contributed by atoms with van der Waals surface area (Å²) in [5.74, 6) is 2.36. The van der Waals surface area contributed by atoms with E-state index in [4.69, 9.17) is 0 Å². The molecule has 4 rings (SSSR count). The highest BCUT2D eigenvalue weighted by Crippen LogP contribution is 2.63. The number of carbonyl (C=O) groups excluding carboxylic acids is 1. The molecule has 0 aromatic rings. The molecule has 0 saturated heterocycles. The van der Waals surface area contributed by atoms with Crippen LogP contribution in [-0.4, -0.2) is 17.5 Å². The standard InChI is InChI=1S/C19H26O2/c1-18-8-2-3-16(18)15-5-4-13-11-14(21)6-10-19(13,12-20)17(15)7-9-18/h2,8,11,15-17,20H,3-7,9-10,12H2,1H3/t15?,16?,17?,18-,19+/m0/s1. The average molecular weight is 286 g/mol. The first-order valence-corrected chi connectivity index (χ1v) is 8.61. The van der Waals surface area contributed by atoms with Gasteiger partial charge in [-0.25, -0.2) is 0 Å². The Morgan fingerprint density at radius 2 is 2.10 bits per heavy atom. The predicted octanol–water partition coefficient (Wildman–Crippen LogP) is 3.66. The van der Waals surface area contributed by atoms with Crippen LogP contribution in [0.15, 0.2) is 23.8 Å². The second-order valence-corrected chi connectivity index (χ2v) is 8.05. The monoisotopic (exact) mass is 286 g/mol. The van der Waals surface area contributed by atoms with E-state index in [-0.39, 0.29) is 17.8 Å². The first kappa shape index (κ1) is 13.8. The molecule has 114 valence electrons. The molecule has 2 fully saturated rings. The molecule has 0 radical (unpaired) electrons. The molecule has 0 spiro atoms. The minimum Gasteiger partial charge on any atom is -0.395 e. The number of ketones is 1. The van der Waals surface area contributed by atoms with E-state index < -0.39 is 0 Å². The van der Waals surface area contributed by atoms with Crippen LogP contribution in [0.25, 0.3) is 0 Å². The number of hydrogen-bond donors (Lipinski definition) is 1. The van der Waals surface area contributed by atoms with Crippen molar-refractivity contribution in [2.75, 3.05) is 6.61 Å². The molecule has 0 amide bonds. The highest BCUT2D eigenvalue weighted by molar-refractivity contribution is 5.91. The van der Waals surface area contributed by atoms with Crippen LogP contribution in [0.5, 0.6) is 0 Å². The zero-order chi connectivity index (χ0) is 14.7. The zero-order valence-electron chi connectivity index (χ0n) is 13.0. The summed E-state index contributed by atoms with van der Waals surface area (Å²) in [5, 5.41) is 10.2. The Hall–Kier alpha value is -0.890. The van der Waals surface area contributed by atoms with Crippen molar-refractivity contribution in [1.29, 1.82) is 0 Å². The molecule has 4 aliphatic carbocycles. The van der Waals surface area contributed by atoms with Gasteiger partial charge in [0.1, 0.15) is 0 Å². The van der Waals surface area contributed by atoms with E-state index in [0.717, 1.165) is 24.7 Å². The Balaban J connectivity index is 1.72. The van der Waals surface area contributed by atoms with Gasteiger partial charge < -0.3 is 5.11 Å². The summed E-state index contributed by atoms with van der Waals surface area (Å²) in [6.45, 7) is 2.67. The molecule has 0 bridgehead atoms. The molecule has 2 nitrogen and oxygen atoms in total. The van der Waals surface area contributed by atoms with Crippen molar-refractivity contribution < 1.29 is 9.90 Å². The number of rotatable bonds is 1. The van der Waals surface area contributed by atoms with Crippen molar-refractivity contribution in [3.05, 3.63) is 23.8 Å². The Labute approximate surface area is 127 Å². The minimum atomic E-state index is -0.0687. The first-order valence-electron chi connectivity index (χ1n) is 8.61. The average Bonchev–Trinajstić information content (AvgIpc) is 2.88. The van der Waals surface area contributed by atoms with Gasteiger partial charge in [-0.1, -0.05) is 24.6 Å². The van der Waals surface area contributed by atoms with Crippen LogP contribution in [-0.2, 0) is 4.79 Å². The van der Waals surface area contributed by atoms with Crippen molar-refractivity contribution >= 4 is 5.78 Å². The van der Waals surface area contributed by atoms with E-state index in [1.807, 2.05) is 6.08 Å². The highest BCUT2D eigenvalue weighted by Gasteiger charge is 2.56. The van der Waals surface area contributed by atoms with Gasteiger partial charge in [0.25, 0.3) is 0 Å². The molecule has 1 N–H and O–H groups in total. The Morgan fingerprint density at radius 3 is 2.90 bits per heavy atom. The van der Waals surface area contributed by atoms with Crippen LogP contribution in [0.2, 0.25) is 0 Å². The lowest BCUT2D eigenvalue weighted by atomic mass is 9.47. The van der Waals surface area contributed by atoms with Gasteiger partial charge in [-0.05, 0) is 67.8 Å². The van der Waals surface area contributed by atoms with Gasteiger partial charge in [0.05, 0.1) is 6.61 Å². The summed E-state index contributed by atoms with van der Waals surface area (Å²) < 4.78 is 0. The van der Waals surface area contributed by atoms with Gasteiger partial charge in [0.2, 0.25) is 0 Å². The normalized spacial score (nSPS) is 48.4. The lowest BCUT2D eigenvalue weighted by Gasteiger charge is -2.57. The van der Waals surface area contributed by atoms with Gasteiger partial charge in [0, 0.05) is 11.8 Å². The topological polar surface area (TPSA) is 37.3 Å². The molecule has 0 aliphatic heterocycles. The van der Waals surface area contributed by atoms with Gasteiger partial charge in [0.15, 0.2) is 5.78 Å². The van der Waals surface area contributed by atoms with Gasteiger partial charge in [-0.2, -0.15) is 0 Å². The van der Waals surface area contributed by atoms with E-state index in [1.54, 1.807) is 0 Å². The van der Waals surface area contributed by atoms with E-state index in [9.17, 15) is 9.90 Å². The summed E-state index contributed by atoms with van der Waals surface area (Å²) in [4.78, 5) is 11.8. The molecular formula is C19H26O2. The van der Waals surface area contributed by atoms with Crippen LogP contribution in [0.3, 0.4) is 0 Å². The highest BCUT2D eigenvalue weighted by atomic mass is 16.3. The molecule has 0 aromatic carbocycles. The Bertz CT molecular complexity index is 532. The maximum Gasteiger partial charge on any atom is 0.155 e. The smallest absolute Gasteiger partial charge is 0.155 e. The van der Waals surface area contributed by atoms with E-state index in [2.05, 4.69) is 19.1 Å². The van der Waals surface area contributed by atoms with Crippen molar-refractivity contribution in [1.82, 2.24) is 0 Å².